The number of nitrogens with one attached hydrogen (secondary N) is 2. The highest BCUT2D eigenvalue weighted by Crippen LogP contribution is 2.08. The van der Waals surface area contributed by atoms with Gasteiger partial charge in [0.2, 0.25) is 0 Å². The van der Waals surface area contributed by atoms with Gasteiger partial charge in [0.15, 0.2) is 0 Å². The van der Waals surface area contributed by atoms with E-state index in [1.807, 2.05) is 6.92 Å². The molecule has 1 aromatic rings. The third kappa shape index (κ3) is 4.66. The Morgan fingerprint density at radius 2 is 1.80 bits per heavy atom. The largest absolute Gasteiger partial charge is 0.333 e. The summed E-state index contributed by atoms with van der Waals surface area (Å²) in [7, 11) is 0.778. The van der Waals surface area contributed by atoms with E-state index in [1.165, 1.54) is 0 Å². The van der Waals surface area contributed by atoms with Gasteiger partial charge < -0.3 is 5.32 Å². The second-order valence-electron chi connectivity index (χ2n) is 2.86. The van der Waals surface area contributed by atoms with Crippen molar-refractivity contribution in [3.8, 4) is 0 Å². The van der Waals surface area contributed by atoms with E-state index in [2.05, 4.69) is 5.32 Å². The average molecular weight is 249 g/mol. The summed E-state index contributed by atoms with van der Waals surface area (Å²) in [4.78, 5) is 11.0. The molecule has 5 nitrogen and oxygen atoms in total. The van der Waals surface area contributed by atoms with E-state index >= 15 is 0 Å². The first kappa shape index (κ1) is 11.8. The van der Waals surface area contributed by atoms with Crippen LogP contribution in [-0.4, -0.2) is 14.4 Å². The zero-order valence-corrected chi connectivity index (χ0v) is 9.39. The van der Waals surface area contributed by atoms with Crippen molar-refractivity contribution in [3.05, 3.63) is 29.8 Å². The fourth-order valence-electron chi connectivity index (χ4n) is 0.904. The molecule has 0 aliphatic carbocycles. The van der Waals surface area contributed by atoms with E-state index in [4.69, 9.17) is 10.7 Å². The molecule has 2 N–H and O–H groups in total. The van der Waals surface area contributed by atoms with Crippen molar-refractivity contribution >= 4 is 31.6 Å². The van der Waals surface area contributed by atoms with E-state index in [-0.39, 0.29) is 0 Å². The second kappa shape index (κ2) is 4.50. The summed E-state index contributed by atoms with van der Waals surface area (Å²) in [6.07, 6.45) is 0. The minimum atomic E-state index is -4.04. The molecule has 0 radical (unpaired) electrons. The Hall–Kier alpha value is -1.27. The maximum Gasteiger partial charge on any atom is 0.333 e. The van der Waals surface area contributed by atoms with Gasteiger partial charge in [0, 0.05) is 16.4 Å². The molecule has 0 heterocycles. The zero-order chi connectivity index (χ0) is 11.5. The Morgan fingerprint density at radius 3 is 2.27 bits per heavy atom. The van der Waals surface area contributed by atoms with Crippen LogP contribution in [0.1, 0.15) is 5.56 Å². The molecule has 15 heavy (non-hydrogen) atoms. The van der Waals surface area contributed by atoms with Gasteiger partial charge in [-0.05, 0) is 19.1 Å². The summed E-state index contributed by atoms with van der Waals surface area (Å²) in [6.45, 7) is 1.90. The van der Waals surface area contributed by atoms with E-state index in [9.17, 15) is 13.2 Å². The molecule has 7 heteroatoms. The molecule has 0 saturated carbocycles. The fourth-order valence-corrected chi connectivity index (χ4v) is 1.39. The molecule has 1 aromatic carbocycles. The van der Waals surface area contributed by atoms with Crippen LogP contribution < -0.4 is 10.0 Å². The summed E-state index contributed by atoms with van der Waals surface area (Å²) >= 11 is 0. The van der Waals surface area contributed by atoms with Crippen LogP contribution in [0, 0.1) is 6.92 Å². The number of benzene rings is 1. The molecule has 0 saturated heterocycles. The lowest BCUT2D eigenvalue weighted by atomic mass is 10.2. The highest BCUT2D eigenvalue weighted by Gasteiger charge is 2.09. The second-order valence-corrected chi connectivity index (χ2v) is 5.16. The molecule has 0 fully saturated rings. The van der Waals surface area contributed by atoms with Gasteiger partial charge >= 0.3 is 15.3 Å². The predicted octanol–water partition coefficient (Wildman–Crippen LogP) is 1.60. The van der Waals surface area contributed by atoms with Gasteiger partial charge in [0.1, 0.15) is 0 Å². The van der Waals surface area contributed by atoms with Gasteiger partial charge in [-0.1, -0.05) is 17.7 Å². The fraction of sp³-hybridized carbons (Fsp3) is 0.125. The molecule has 0 aliphatic heterocycles. The van der Waals surface area contributed by atoms with Crippen LogP contribution in [0.25, 0.3) is 0 Å². The quantitative estimate of drug-likeness (QED) is 0.781. The Kier molecular flexibility index (Phi) is 3.54. The van der Waals surface area contributed by atoms with Crippen LogP contribution in [0.3, 0.4) is 0 Å². The number of urea groups is 1. The number of aryl methyl sites for hydroxylation is 1. The molecular weight excluding hydrogens is 240 g/mol. The first-order valence-electron chi connectivity index (χ1n) is 3.97. The van der Waals surface area contributed by atoms with Gasteiger partial charge in [-0.15, -0.1) is 0 Å². The van der Waals surface area contributed by atoms with Crippen molar-refractivity contribution in [3.63, 3.8) is 0 Å². The topological polar surface area (TPSA) is 75.3 Å². The molecule has 82 valence electrons. The van der Waals surface area contributed by atoms with Crippen molar-refractivity contribution in [2.75, 3.05) is 5.32 Å². The molecule has 0 aromatic heterocycles. The van der Waals surface area contributed by atoms with Crippen LogP contribution in [-0.2, 0) is 9.24 Å². The van der Waals surface area contributed by atoms with Gasteiger partial charge in [0.25, 0.3) is 0 Å². The van der Waals surface area contributed by atoms with Crippen molar-refractivity contribution in [1.29, 1.82) is 0 Å². The Balaban J connectivity index is 2.63. The van der Waals surface area contributed by atoms with Crippen molar-refractivity contribution in [2.24, 2.45) is 0 Å². The van der Waals surface area contributed by atoms with Gasteiger partial charge in [0.05, 0.1) is 0 Å². The molecule has 0 atom stereocenters. The lowest BCUT2D eigenvalue weighted by molar-refractivity contribution is 0.256. The Morgan fingerprint density at radius 1 is 1.27 bits per heavy atom. The third-order valence-corrected chi connectivity index (χ3v) is 2.18. The molecule has 0 bridgehead atoms. The summed E-state index contributed by atoms with van der Waals surface area (Å²) in [5.41, 5.74) is 1.52. The molecule has 2 amide bonds. The first-order valence-corrected chi connectivity index (χ1v) is 6.28. The SMILES string of the molecule is Cc1ccc(NC(=O)NS(=O)(=O)Cl)cc1. The summed E-state index contributed by atoms with van der Waals surface area (Å²) < 4.78 is 22.5. The van der Waals surface area contributed by atoms with E-state index in [0.717, 1.165) is 5.56 Å². The van der Waals surface area contributed by atoms with Crippen molar-refractivity contribution in [1.82, 2.24) is 4.72 Å². The lowest BCUT2D eigenvalue weighted by Gasteiger charge is -2.04. The number of halogens is 1. The van der Waals surface area contributed by atoms with Gasteiger partial charge in [-0.3, -0.25) is 0 Å². The van der Waals surface area contributed by atoms with Crippen LogP contribution in [0.4, 0.5) is 10.5 Å². The van der Waals surface area contributed by atoms with Crippen LogP contribution in [0.2, 0.25) is 0 Å². The number of anilines is 1. The van der Waals surface area contributed by atoms with Gasteiger partial charge in [-0.25, -0.2) is 9.52 Å². The summed E-state index contributed by atoms with van der Waals surface area (Å²) in [5.74, 6) is 0. The number of amides is 2. The molecule has 0 spiro atoms. The average Bonchev–Trinajstić information content (AvgIpc) is 2.05. The minimum absolute atomic E-state index is 0.485. The highest BCUT2D eigenvalue weighted by atomic mass is 35.7. The normalized spacial score (nSPS) is 10.8. The summed E-state index contributed by atoms with van der Waals surface area (Å²) in [6, 6.07) is 5.97. The van der Waals surface area contributed by atoms with E-state index in [1.54, 1.807) is 29.0 Å². The number of hydrogen-bond acceptors (Lipinski definition) is 3. The van der Waals surface area contributed by atoms with Gasteiger partial charge in [-0.2, -0.15) is 8.42 Å². The van der Waals surface area contributed by atoms with Crippen molar-refractivity contribution < 1.29 is 13.2 Å². The maximum absolute atomic E-state index is 11.0. The molecule has 0 unspecified atom stereocenters. The highest BCUT2D eigenvalue weighted by molar-refractivity contribution is 8.12. The Labute approximate surface area is 92.0 Å². The molecular formula is C8H9ClN2O3S. The molecule has 1 rings (SSSR count). The maximum atomic E-state index is 11.0. The summed E-state index contributed by atoms with van der Waals surface area (Å²) in [5, 5.41) is 2.31. The van der Waals surface area contributed by atoms with Crippen LogP contribution in [0.15, 0.2) is 24.3 Å². The monoisotopic (exact) mass is 248 g/mol. The van der Waals surface area contributed by atoms with Crippen LogP contribution >= 0.6 is 10.7 Å². The number of rotatable bonds is 2. The lowest BCUT2D eigenvalue weighted by Crippen LogP contribution is -2.31. The van der Waals surface area contributed by atoms with E-state index in [0.29, 0.717) is 5.69 Å². The van der Waals surface area contributed by atoms with Crippen LogP contribution in [0.5, 0.6) is 0 Å². The number of hydrogen-bond donors (Lipinski definition) is 2. The Bertz CT molecular complexity index is 455. The molecule has 0 aliphatic rings. The van der Waals surface area contributed by atoms with Crippen molar-refractivity contribution in [2.45, 2.75) is 6.92 Å². The number of carbonyl (C=O) groups excluding carboxylic acids is 1. The minimum Gasteiger partial charge on any atom is -0.307 e. The zero-order valence-electron chi connectivity index (χ0n) is 7.82. The standard InChI is InChI=1S/C8H9ClN2O3S/c1-6-2-4-7(5-3-6)10-8(12)11-15(9,13)14/h2-5H,1H3,(H2,10,11,12). The third-order valence-electron chi connectivity index (χ3n) is 1.52. The smallest absolute Gasteiger partial charge is 0.307 e. The number of carbonyl (C=O) groups is 1. The predicted molar refractivity (Wildman–Crippen MR) is 58.1 cm³/mol. The first-order chi connectivity index (χ1) is 6.87. The van der Waals surface area contributed by atoms with E-state index < -0.39 is 15.3 Å².